The fourth-order valence-corrected chi connectivity index (χ4v) is 5.45. The Balaban J connectivity index is 1.80. The van der Waals surface area contributed by atoms with Gasteiger partial charge in [0, 0.05) is 32.6 Å². The van der Waals surface area contributed by atoms with Gasteiger partial charge in [-0.15, -0.1) is 0 Å². The van der Waals surface area contributed by atoms with E-state index < -0.39 is 10.0 Å². The van der Waals surface area contributed by atoms with Gasteiger partial charge in [0.25, 0.3) is 0 Å². The van der Waals surface area contributed by atoms with E-state index in [0.29, 0.717) is 32.0 Å². The van der Waals surface area contributed by atoms with Gasteiger partial charge in [-0.05, 0) is 38.1 Å². The molecule has 0 aromatic heterocycles. The van der Waals surface area contributed by atoms with Crippen LogP contribution < -0.4 is 4.74 Å². The Morgan fingerprint density at radius 1 is 1.22 bits per heavy atom. The summed E-state index contributed by atoms with van der Waals surface area (Å²) in [6, 6.07) is 6.87. The number of carbonyl (C=O) groups is 1. The average molecular weight is 396 g/mol. The smallest absolute Gasteiger partial charge is 0.246 e. The molecule has 1 saturated heterocycles. The first kappa shape index (κ1) is 20.1. The van der Waals surface area contributed by atoms with Crippen LogP contribution in [0.4, 0.5) is 0 Å². The molecule has 7 nitrogen and oxygen atoms in total. The number of para-hydroxylation sites is 1. The molecule has 0 unspecified atom stereocenters. The second kappa shape index (κ2) is 7.77. The summed E-state index contributed by atoms with van der Waals surface area (Å²) < 4.78 is 33.8. The Morgan fingerprint density at radius 3 is 2.52 bits per heavy atom. The molecular weight excluding hydrogens is 366 g/mol. The third-order valence-corrected chi connectivity index (χ3v) is 7.60. The molecule has 3 rings (SSSR count). The molecule has 27 heavy (non-hydrogen) atoms. The molecule has 0 bridgehead atoms. The Morgan fingerprint density at radius 2 is 1.89 bits per heavy atom. The highest BCUT2D eigenvalue weighted by Gasteiger charge is 2.42. The second-order valence-corrected chi connectivity index (χ2v) is 9.64. The predicted molar refractivity (Wildman–Crippen MR) is 103 cm³/mol. The monoisotopic (exact) mass is 395 g/mol. The van der Waals surface area contributed by atoms with Crippen LogP contribution in [0.25, 0.3) is 0 Å². The molecule has 150 valence electrons. The van der Waals surface area contributed by atoms with Crippen LogP contribution >= 0.6 is 0 Å². The molecule has 1 aromatic rings. The van der Waals surface area contributed by atoms with Crippen LogP contribution in [0.3, 0.4) is 0 Å². The maximum Gasteiger partial charge on any atom is 0.246 e. The molecule has 1 spiro atoms. The van der Waals surface area contributed by atoms with Gasteiger partial charge in [0.1, 0.15) is 10.6 Å². The third kappa shape index (κ3) is 4.12. The first-order valence-corrected chi connectivity index (χ1v) is 10.9. The molecular formula is C19H29N3O4S. The van der Waals surface area contributed by atoms with Gasteiger partial charge < -0.3 is 9.64 Å². The van der Waals surface area contributed by atoms with Crippen LogP contribution in [0.1, 0.15) is 19.8 Å². The quantitative estimate of drug-likeness (QED) is 0.771. The number of nitrogens with zero attached hydrogens (tertiary/aromatic N) is 3. The average Bonchev–Trinajstić information content (AvgIpc) is 2.65. The summed E-state index contributed by atoms with van der Waals surface area (Å²) >= 11 is 0. The number of ether oxygens (including phenoxy) is 1. The molecule has 1 fully saturated rings. The number of sulfonamides is 1. The molecule has 0 saturated carbocycles. The normalized spacial score (nSPS) is 22.3. The van der Waals surface area contributed by atoms with E-state index >= 15 is 0 Å². The van der Waals surface area contributed by atoms with Crippen molar-refractivity contribution >= 4 is 15.9 Å². The third-order valence-electron chi connectivity index (χ3n) is 5.64. The predicted octanol–water partition coefficient (Wildman–Crippen LogP) is 1.26. The number of amides is 1. The van der Waals surface area contributed by atoms with Gasteiger partial charge in [0.05, 0.1) is 13.2 Å². The minimum absolute atomic E-state index is 0.0894. The zero-order valence-corrected chi connectivity index (χ0v) is 17.2. The van der Waals surface area contributed by atoms with Crippen LogP contribution in [0, 0.1) is 5.41 Å². The largest absolute Gasteiger partial charge is 0.492 e. The number of likely N-dealkylation sites (N-methyl/N-ethyl adjacent to an activating group) is 1. The van der Waals surface area contributed by atoms with Gasteiger partial charge in [0.2, 0.25) is 15.9 Å². The first-order chi connectivity index (χ1) is 12.8. The van der Waals surface area contributed by atoms with Crippen molar-refractivity contribution in [2.24, 2.45) is 5.41 Å². The van der Waals surface area contributed by atoms with E-state index in [9.17, 15) is 13.2 Å². The van der Waals surface area contributed by atoms with Crippen molar-refractivity contribution in [2.45, 2.75) is 24.7 Å². The van der Waals surface area contributed by atoms with Crippen molar-refractivity contribution in [3.63, 3.8) is 0 Å². The van der Waals surface area contributed by atoms with E-state index in [2.05, 4.69) is 4.90 Å². The van der Waals surface area contributed by atoms with Crippen LogP contribution in [0.2, 0.25) is 0 Å². The van der Waals surface area contributed by atoms with Crippen LogP contribution in [0.15, 0.2) is 29.2 Å². The minimum Gasteiger partial charge on any atom is -0.492 e. The minimum atomic E-state index is -3.58. The highest BCUT2D eigenvalue weighted by molar-refractivity contribution is 7.89. The lowest BCUT2D eigenvalue weighted by Crippen LogP contribution is -2.52. The Kier molecular flexibility index (Phi) is 5.79. The number of benzene rings is 1. The van der Waals surface area contributed by atoms with Crippen molar-refractivity contribution in [1.29, 1.82) is 0 Å². The lowest BCUT2D eigenvalue weighted by Gasteiger charge is -2.44. The van der Waals surface area contributed by atoms with Gasteiger partial charge in [-0.3, -0.25) is 9.69 Å². The van der Waals surface area contributed by atoms with Crippen LogP contribution in [0.5, 0.6) is 5.75 Å². The summed E-state index contributed by atoms with van der Waals surface area (Å²) in [4.78, 5) is 16.0. The highest BCUT2D eigenvalue weighted by atomic mass is 32.2. The molecule has 0 N–H and O–H groups in total. The molecule has 8 heteroatoms. The first-order valence-electron chi connectivity index (χ1n) is 9.42. The number of fused-ring (bicyclic) bond motifs is 1. The van der Waals surface area contributed by atoms with Gasteiger partial charge in [-0.2, -0.15) is 4.31 Å². The summed E-state index contributed by atoms with van der Waals surface area (Å²) in [6.07, 6.45) is 1.61. The van der Waals surface area contributed by atoms with E-state index in [1.165, 1.54) is 0 Å². The number of carbonyl (C=O) groups excluding carboxylic acids is 1. The molecule has 1 amide bonds. The van der Waals surface area contributed by atoms with Crippen LogP contribution in [-0.2, 0) is 14.8 Å². The number of hydrogen-bond acceptors (Lipinski definition) is 5. The molecule has 2 aliphatic rings. The van der Waals surface area contributed by atoms with Gasteiger partial charge in [-0.25, -0.2) is 8.42 Å². The van der Waals surface area contributed by atoms with E-state index in [-0.39, 0.29) is 16.2 Å². The fourth-order valence-electron chi connectivity index (χ4n) is 3.76. The standard InChI is InChI=1S/C19H29N3O4S/c1-4-22-14-19(9-11-21(12-10-19)13-18(23)20(2)3)15-26-16-7-5-6-8-17(16)27(22,24)25/h5-8H,4,9-15H2,1-3H3. The van der Waals surface area contributed by atoms with Gasteiger partial charge in [0.15, 0.2) is 0 Å². The topological polar surface area (TPSA) is 70.2 Å². The lowest BCUT2D eigenvalue weighted by molar-refractivity contribution is -0.130. The Hall–Kier alpha value is -1.64. The SMILES string of the molecule is CCN1CC2(CCN(CC(=O)N(C)C)CC2)COc2ccccc2S1(=O)=O. The fraction of sp³-hybridized carbons (Fsp3) is 0.632. The van der Waals surface area contributed by atoms with Crippen molar-refractivity contribution in [3.05, 3.63) is 24.3 Å². The number of rotatable bonds is 3. The van der Waals surface area contributed by atoms with Crippen molar-refractivity contribution in [2.75, 3.05) is 53.4 Å². The van der Waals surface area contributed by atoms with E-state index in [4.69, 9.17) is 4.74 Å². The van der Waals surface area contributed by atoms with Crippen LogP contribution in [-0.4, -0.2) is 81.9 Å². The zero-order chi connectivity index (χ0) is 19.7. The van der Waals surface area contributed by atoms with E-state index in [0.717, 1.165) is 25.9 Å². The van der Waals surface area contributed by atoms with E-state index in [1.54, 1.807) is 47.6 Å². The molecule has 1 aromatic carbocycles. The Labute approximate surface area is 161 Å². The zero-order valence-electron chi connectivity index (χ0n) is 16.3. The van der Waals surface area contributed by atoms with Crippen molar-refractivity contribution in [1.82, 2.24) is 14.1 Å². The lowest BCUT2D eigenvalue weighted by atomic mass is 9.78. The molecule has 2 aliphatic heterocycles. The van der Waals surface area contributed by atoms with Gasteiger partial charge >= 0.3 is 0 Å². The summed E-state index contributed by atoms with van der Waals surface area (Å²) in [7, 11) is -0.0544. The summed E-state index contributed by atoms with van der Waals surface area (Å²) in [6.45, 7) is 5.19. The van der Waals surface area contributed by atoms with Gasteiger partial charge in [-0.1, -0.05) is 19.1 Å². The van der Waals surface area contributed by atoms with Crippen molar-refractivity contribution < 1.29 is 17.9 Å². The maximum atomic E-state index is 13.1. The maximum absolute atomic E-state index is 13.1. The Bertz CT molecular complexity index is 786. The molecule has 2 heterocycles. The second-order valence-electron chi connectivity index (χ2n) is 7.73. The number of piperidine rings is 1. The van der Waals surface area contributed by atoms with Crippen molar-refractivity contribution in [3.8, 4) is 5.75 Å². The molecule has 0 radical (unpaired) electrons. The summed E-state index contributed by atoms with van der Waals surface area (Å²) in [5, 5.41) is 0. The number of hydrogen-bond donors (Lipinski definition) is 0. The number of likely N-dealkylation sites (tertiary alicyclic amines) is 1. The molecule has 0 aliphatic carbocycles. The molecule has 0 atom stereocenters. The van der Waals surface area contributed by atoms with E-state index in [1.807, 2.05) is 6.92 Å². The summed E-state index contributed by atoms with van der Waals surface area (Å²) in [5.41, 5.74) is -0.228. The highest BCUT2D eigenvalue weighted by Crippen LogP contribution is 2.39. The summed E-state index contributed by atoms with van der Waals surface area (Å²) in [5.74, 6) is 0.520.